The van der Waals surface area contributed by atoms with Crippen molar-refractivity contribution in [1.82, 2.24) is 9.55 Å². The van der Waals surface area contributed by atoms with Gasteiger partial charge in [-0.25, -0.2) is 4.79 Å². The minimum absolute atomic E-state index is 0.0384. The van der Waals surface area contributed by atoms with Gasteiger partial charge < -0.3 is 24.1 Å². The molecule has 4 atom stereocenters. The van der Waals surface area contributed by atoms with Crippen LogP contribution in [0.15, 0.2) is 21.9 Å². The van der Waals surface area contributed by atoms with E-state index < -0.39 is 48.4 Å². The van der Waals surface area contributed by atoms with E-state index in [-0.39, 0.29) is 18.6 Å². The van der Waals surface area contributed by atoms with Gasteiger partial charge in [0.2, 0.25) is 0 Å². The number of carbonyl (C=O) groups is 2. The lowest BCUT2D eigenvalue weighted by atomic mass is 10.1. The summed E-state index contributed by atoms with van der Waals surface area (Å²) in [7, 11) is 1.34. The number of Topliss-reactive ketones (excluding diaryl/α,β-unsaturated/α-hetero) is 1. The lowest BCUT2D eigenvalue weighted by molar-refractivity contribution is -0.158. The van der Waals surface area contributed by atoms with Crippen LogP contribution >= 0.6 is 0 Å². The number of rotatable bonds is 7. The van der Waals surface area contributed by atoms with E-state index >= 15 is 0 Å². The first-order valence-electron chi connectivity index (χ1n) is 7.67. The molecule has 1 fully saturated rings. The van der Waals surface area contributed by atoms with Crippen LogP contribution in [-0.2, 0) is 23.8 Å². The summed E-state index contributed by atoms with van der Waals surface area (Å²) in [6, 6.07) is 1.14. The van der Waals surface area contributed by atoms with Crippen LogP contribution in [0.2, 0.25) is 0 Å². The number of ketones is 1. The Morgan fingerprint density at radius 3 is 2.60 bits per heavy atom. The molecule has 10 nitrogen and oxygen atoms in total. The van der Waals surface area contributed by atoms with Crippen molar-refractivity contribution >= 4 is 11.8 Å². The van der Waals surface area contributed by atoms with Crippen molar-refractivity contribution in [3.8, 4) is 0 Å². The van der Waals surface area contributed by atoms with Gasteiger partial charge in [0.05, 0.1) is 13.0 Å². The number of ether oxygens (including phenoxy) is 3. The summed E-state index contributed by atoms with van der Waals surface area (Å²) in [6.45, 7) is 0.887. The van der Waals surface area contributed by atoms with Crippen LogP contribution in [0.3, 0.4) is 0 Å². The Morgan fingerprint density at radius 1 is 1.32 bits per heavy atom. The number of nitrogens with zero attached hydrogens (tertiary/aromatic N) is 1. The van der Waals surface area contributed by atoms with Crippen LogP contribution in [0.5, 0.6) is 0 Å². The highest BCUT2D eigenvalue weighted by Gasteiger charge is 2.48. The number of carbonyl (C=O) groups excluding carboxylic acids is 2. The van der Waals surface area contributed by atoms with E-state index in [1.165, 1.54) is 20.2 Å². The number of aromatic nitrogens is 2. The molecule has 10 heteroatoms. The average Bonchev–Trinajstić information content (AvgIpc) is 2.90. The predicted octanol–water partition coefficient (Wildman–Crippen LogP) is -1.28. The predicted molar refractivity (Wildman–Crippen MR) is 82.9 cm³/mol. The lowest BCUT2D eigenvalue weighted by Crippen LogP contribution is -2.41. The highest BCUT2D eigenvalue weighted by atomic mass is 16.6. The Kier molecular flexibility index (Phi) is 6.23. The maximum atomic E-state index is 12.0. The van der Waals surface area contributed by atoms with Crippen molar-refractivity contribution in [3.63, 3.8) is 0 Å². The van der Waals surface area contributed by atoms with Crippen LogP contribution in [-0.4, -0.2) is 58.4 Å². The number of hydrogen-bond acceptors (Lipinski definition) is 8. The van der Waals surface area contributed by atoms with Crippen LogP contribution in [0.1, 0.15) is 26.0 Å². The summed E-state index contributed by atoms with van der Waals surface area (Å²) in [5, 5.41) is 9.49. The third-order valence-corrected chi connectivity index (χ3v) is 3.81. The molecule has 2 rings (SSSR count). The highest BCUT2D eigenvalue weighted by Crippen LogP contribution is 2.32. The Labute approximate surface area is 142 Å². The molecule has 1 saturated heterocycles. The van der Waals surface area contributed by atoms with Crippen molar-refractivity contribution < 1.29 is 28.9 Å². The molecule has 0 aliphatic carbocycles. The Balaban J connectivity index is 2.22. The lowest BCUT2D eigenvalue weighted by Gasteiger charge is -2.23. The molecule has 0 aromatic carbocycles. The molecule has 0 spiro atoms. The highest BCUT2D eigenvalue weighted by molar-refractivity contribution is 5.81. The second kappa shape index (κ2) is 8.19. The molecule has 138 valence electrons. The van der Waals surface area contributed by atoms with E-state index in [0.717, 1.165) is 10.6 Å². The first-order valence-corrected chi connectivity index (χ1v) is 7.67. The fourth-order valence-electron chi connectivity index (χ4n) is 2.59. The van der Waals surface area contributed by atoms with Gasteiger partial charge in [-0.1, -0.05) is 0 Å². The van der Waals surface area contributed by atoms with E-state index in [1.54, 1.807) is 0 Å². The standard InChI is InChI=1S/C15H20N2O8/c1-8(19)3-4-11(21)25-12-9(7-18)24-14(13(12)23-2)17-6-5-10(20)16-15(17)22/h5-6,9,12-14,18H,3-4,7H2,1-2H3,(H,16,20,22)/t9?,12-,13-,14-/m1/s1. The van der Waals surface area contributed by atoms with E-state index in [4.69, 9.17) is 14.2 Å². The molecule has 1 unspecified atom stereocenters. The minimum atomic E-state index is -1.00. The second-order valence-corrected chi connectivity index (χ2v) is 5.62. The number of hydrogen-bond donors (Lipinski definition) is 2. The number of aromatic amines is 1. The van der Waals surface area contributed by atoms with Gasteiger partial charge in [-0.2, -0.15) is 0 Å². The molecule has 2 N–H and O–H groups in total. The average molecular weight is 356 g/mol. The quantitative estimate of drug-likeness (QED) is 0.577. The molecule has 0 saturated carbocycles. The van der Waals surface area contributed by atoms with Gasteiger partial charge in [-0.15, -0.1) is 0 Å². The number of aliphatic hydroxyl groups excluding tert-OH is 1. The normalized spacial score (nSPS) is 25.7. The summed E-state index contributed by atoms with van der Waals surface area (Å²) < 4.78 is 17.3. The van der Waals surface area contributed by atoms with E-state index in [1.807, 2.05) is 0 Å². The van der Waals surface area contributed by atoms with Crippen LogP contribution in [0.4, 0.5) is 0 Å². The Morgan fingerprint density at radius 2 is 2.04 bits per heavy atom. The summed E-state index contributed by atoms with van der Waals surface area (Å²) in [4.78, 5) is 48.1. The van der Waals surface area contributed by atoms with Crippen molar-refractivity contribution in [3.05, 3.63) is 33.1 Å². The van der Waals surface area contributed by atoms with Crippen LogP contribution in [0.25, 0.3) is 0 Å². The molecule has 0 amide bonds. The maximum Gasteiger partial charge on any atom is 0.330 e. The molecule has 2 heterocycles. The third-order valence-electron chi connectivity index (χ3n) is 3.81. The smallest absolute Gasteiger partial charge is 0.330 e. The minimum Gasteiger partial charge on any atom is -0.456 e. The summed E-state index contributed by atoms with van der Waals surface area (Å²) in [6.07, 6.45) is -2.63. The maximum absolute atomic E-state index is 12.0. The van der Waals surface area contributed by atoms with Gasteiger partial charge in [-0.3, -0.25) is 19.1 Å². The first-order chi connectivity index (χ1) is 11.9. The monoisotopic (exact) mass is 356 g/mol. The van der Waals surface area contributed by atoms with E-state index in [0.29, 0.717) is 0 Å². The van der Waals surface area contributed by atoms with Gasteiger partial charge in [0, 0.05) is 25.8 Å². The van der Waals surface area contributed by atoms with Crippen molar-refractivity contribution in [2.45, 2.75) is 44.3 Å². The van der Waals surface area contributed by atoms with Crippen LogP contribution < -0.4 is 11.2 Å². The number of esters is 1. The summed E-state index contributed by atoms with van der Waals surface area (Å²) in [5.74, 6) is -0.793. The molecule has 1 aromatic rings. The zero-order valence-corrected chi connectivity index (χ0v) is 13.8. The van der Waals surface area contributed by atoms with Gasteiger partial charge >= 0.3 is 11.7 Å². The second-order valence-electron chi connectivity index (χ2n) is 5.62. The summed E-state index contributed by atoms with van der Waals surface area (Å²) >= 11 is 0. The zero-order chi connectivity index (χ0) is 18.6. The largest absolute Gasteiger partial charge is 0.456 e. The molecular weight excluding hydrogens is 336 g/mol. The fraction of sp³-hybridized carbons (Fsp3) is 0.600. The van der Waals surface area contributed by atoms with Crippen LogP contribution in [0, 0.1) is 0 Å². The fourth-order valence-corrected chi connectivity index (χ4v) is 2.59. The number of methoxy groups -OCH3 is 1. The Bertz CT molecular complexity index is 740. The first kappa shape index (κ1) is 19.0. The van der Waals surface area contributed by atoms with Gasteiger partial charge in [0.25, 0.3) is 5.56 Å². The number of H-pyrrole nitrogens is 1. The van der Waals surface area contributed by atoms with Gasteiger partial charge in [0.15, 0.2) is 12.3 Å². The van der Waals surface area contributed by atoms with E-state index in [9.17, 15) is 24.3 Å². The molecular formula is C15H20N2O8. The molecule has 1 aromatic heterocycles. The van der Waals surface area contributed by atoms with Gasteiger partial charge in [0.1, 0.15) is 18.0 Å². The molecule has 1 aliphatic rings. The number of nitrogens with one attached hydrogen (secondary N) is 1. The van der Waals surface area contributed by atoms with Crippen molar-refractivity contribution in [1.29, 1.82) is 0 Å². The molecule has 0 bridgehead atoms. The molecule has 1 aliphatic heterocycles. The Hall–Kier alpha value is -2.30. The van der Waals surface area contributed by atoms with Gasteiger partial charge in [-0.05, 0) is 6.92 Å². The number of aliphatic hydroxyl groups is 1. The van der Waals surface area contributed by atoms with Crippen molar-refractivity contribution in [2.24, 2.45) is 0 Å². The van der Waals surface area contributed by atoms with E-state index in [2.05, 4.69) is 4.98 Å². The molecule has 0 radical (unpaired) electrons. The molecule has 25 heavy (non-hydrogen) atoms. The summed E-state index contributed by atoms with van der Waals surface area (Å²) in [5.41, 5.74) is -1.29. The van der Waals surface area contributed by atoms with Crippen molar-refractivity contribution in [2.75, 3.05) is 13.7 Å². The SMILES string of the molecule is CO[C@@H]1[C@H](OC(=O)CCC(C)=O)C(CO)O[C@H]1n1ccc(=O)[nH]c1=O. The topological polar surface area (TPSA) is 137 Å². The third kappa shape index (κ3) is 4.41. The zero-order valence-electron chi connectivity index (χ0n) is 13.8.